The molecule has 0 saturated carbocycles. The molecule has 1 aliphatic heterocycles. The highest BCUT2D eigenvalue weighted by Gasteiger charge is 2.16. The van der Waals surface area contributed by atoms with Crippen molar-refractivity contribution in [2.24, 2.45) is 16.6 Å². The Balaban J connectivity index is 2.20. The molecule has 1 aliphatic rings. The molecule has 0 radical (unpaired) electrons. The Morgan fingerprint density at radius 1 is 1.69 bits per heavy atom. The molecule has 0 aromatic carbocycles. The van der Waals surface area contributed by atoms with Gasteiger partial charge in [0.15, 0.2) is 5.96 Å². The zero-order valence-corrected chi connectivity index (χ0v) is 8.58. The number of guanidine groups is 1. The van der Waals surface area contributed by atoms with Crippen LogP contribution in [0.15, 0.2) is 4.99 Å². The first-order chi connectivity index (χ1) is 6.22. The molecule has 1 fully saturated rings. The molecule has 76 valence electrons. The number of rotatable bonds is 2. The second-order valence-corrected chi connectivity index (χ2v) is 3.76. The van der Waals surface area contributed by atoms with E-state index in [4.69, 9.17) is 5.73 Å². The van der Waals surface area contributed by atoms with E-state index in [0.717, 1.165) is 12.5 Å². The van der Waals surface area contributed by atoms with E-state index in [0.29, 0.717) is 5.96 Å². The van der Waals surface area contributed by atoms with Crippen molar-refractivity contribution in [1.29, 1.82) is 0 Å². The van der Waals surface area contributed by atoms with Gasteiger partial charge in [0.05, 0.1) is 0 Å². The number of hydrogen-bond acceptors (Lipinski definition) is 2. The number of hydrogen-bond donors (Lipinski definition) is 2. The summed E-state index contributed by atoms with van der Waals surface area (Å²) in [6, 6.07) is 0. The molecule has 0 aromatic heterocycles. The molecule has 0 spiro atoms. The first-order valence-corrected chi connectivity index (χ1v) is 4.87. The molecule has 0 amide bonds. The maximum absolute atomic E-state index is 5.55. The van der Waals surface area contributed by atoms with Crippen molar-refractivity contribution in [2.45, 2.75) is 12.8 Å². The molecular formula is C9H20N4. The highest BCUT2D eigenvalue weighted by Crippen LogP contribution is 2.13. The number of nitrogens with two attached hydrogens (primary N) is 1. The summed E-state index contributed by atoms with van der Waals surface area (Å²) in [5.41, 5.74) is 5.55. The molecule has 4 nitrogen and oxygen atoms in total. The van der Waals surface area contributed by atoms with E-state index in [1.165, 1.54) is 25.9 Å². The number of nitrogens with one attached hydrogen (secondary N) is 1. The lowest BCUT2D eigenvalue weighted by atomic mass is 9.99. The molecule has 1 heterocycles. The van der Waals surface area contributed by atoms with E-state index in [9.17, 15) is 0 Å². The van der Waals surface area contributed by atoms with Gasteiger partial charge >= 0.3 is 0 Å². The van der Waals surface area contributed by atoms with Gasteiger partial charge in [0, 0.05) is 20.1 Å². The van der Waals surface area contributed by atoms with E-state index < -0.39 is 0 Å². The molecule has 1 rings (SSSR count). The van der Waals surface area contributed by atoms with E-state index in [2.05, 4.69) is 22.3 Å². The number of piperidine rings is 1. The normalized spacial score (nSPS) is 26.0. The summed E-state index contributed by atoms with van der Waals surface area (Å²) in [6.45, 7) is 3.35. The second kappa shape index (κ2) is 5.07. The summed E-state index contributed by atoms with van der Waals surface area (Å²) >= 11 is 0. The zero-order valence-electron chi connectivity index (χ0n) is 8.58. The van der Waals surface area contributed by atoms with Crippen LogP contribution in [0.5, 0.6) is 0 Å². The molecule has 0 bridgehead atoms. The predicted molar refractivity (Wildman–Crippen MR) is 55.8 cm³/mol. The monoisotopic (exact) mass is 184 g/mol. The van der Waals surface area contributed by atoms with Gasteiger partial charge in [-0.3, -0.25) is 4.99 Å². The summed E-state index contributed by atoms with van der Waals surface area (Å²) < 4.78 is 0. The van der Waals surface area contributed by atoms with Gasteiger partial charge in [-0.2, -0.15) is 0 Å². The van der Waals surface area contributed by atoms with Crippen LogP contribution >= 0.6 is 0 Å². The van der Waals surface area contributed by atoms with Crippen molar-refractivity contribution >= 4 is 5.96 Å². The Morgan fingerprint density at radius 3 is 3.08 bits per heavy atom. The average Bonchev–Trinajstić information content (AvgIpc) is 2.14. The Kier molecular flexibility index (Phi) is 4.02. The Labute approximate surface area is 80.2 Å². The lowest BCUT2D eigenvalue weighted by Crippen LogP contribution is -2.41. The van der Waals surface area contributed by atoms with Crippen molar-refractivity contribution in [2.75, 3.05) is 33.7 Å². The van der Waals surface area contributed by atoms with Gasteiger partial charge in [0.1, 0.15) is 0 Å². The summed E-state index contributed by atoms with van der Waals surface area (Å²) in [5, 5.41) is 3.12. The Hall–Kier alpha value is -0.770. The number of aliphatic imine (C=N–C) groups is 1. The third-order valence-electron chi connectivity index (χ3n) is 2.53. The quantitative estimate of drug-likeness (QED) is 0.464. The highest BCUT2D eigenvalue weighted by molar-refractivity contribution is 5.77. The number of likely N-dealkylation sites (tertiary alicyclic amines) is 1. The van der Waals surface area contributed by atoms with Crippen molar-refractivity contribution in [3.8, 4) is 0 Å². The fourth-order valence-corrected chi connectivity index (χ4v) is 1.77. The smallest absolute Gasteiger partial charge is 0.188 e. The topological polar surface area (TPSA) is 53.6 Å². The summed E-state index contributed by atoms with van der Waals surface area (Å²) in [5.74, 6) is 1.27. The van der Waals surface area contributed by atoms with Crippen LogP contribution in [0.25, 0.3) is 0 Å². The minimum atomic E-state index is 0.549. The van der Waals surface area contributed by atoms with E-state index in [1.54, 1.807) is 7.05 Å². The van der Waals surface area contributed by atoms with Crippen LogP contribution in [-0.4, -0.2) is 44.6 Å². The van der Waals surface area contributed by atoms with Crippen molar-refractivity contribution in [3.05, 3.63) is 0 Å². The SMILES string of the molecule is CN=C(N)NCC1CCCN(C)C1. The van der Waals surface area contributed by atoms with Gasteiger partial charge < -0.3 is 16.0 Å². The molecule has 3 N–H and O–H groups in total. The minimum absolute atomic E-state index is 0.549. The molecule has 0 aliphatic carbocycles. The molecule has 13 heavy (non-hydrogen) atoms. The molecular weight excluding hydrogens is 164 g/mol. The van der Waals surface area contributed by atoms with Crippen molar-refractivity contribution in [3.63, 3.8) is 0 Å². The maximum atomic E-state index is 5.55. The number of nitrogens with zero attached hydrogens (tertiary/aromatic N) is 2. The lowest BCUT2D eigenvalue weighted by Gasteiger charge is -2.29. The summed E-state index contributed by atoms with van der Waals surface area (Å²) in [4.78, 5) is 6.23. The Bertz CT molecular complexity index is 178. The van der Waals surface area contributed by atoms with Gasteiger partial charge in [-0.25, -0.2) is 0 Å². The third kappa shape index (κ3) is 3.63. The molecule has 4 heteroatoms. The summed E-state index contributed by atoms with van der Waals surface area (Å²) in [6.07, 6.45) is 2.60. The Morgan fingerprint density at radius 2 is 2.46 bits per heavy atom. The first kappa shape index (κ1) is 10.3. The van der Waals surface area contributed by atoms with Crippen LogP contribution in [0.3, 0.4) is 0 Å². The first-order valence-electron chi connectivity index (χ1n) is 4.87. The minimum Gasteiger partial charge on any atom is -0.370 e. The van der Waals surface area contributed by atoms with Gasteiger partial charge in [0.2, 0.25) is 0 Å². The molecule has 1 atom stereocenters. The van der Waals surface area contributed by atoms with E-state index in [1.807, 2.05) is 0 Å². The largest absolute Gasteiger partial charge is 0.370 e. The van der Waals surface area contributed by atoms with Gasteiger partial charge in [-0.15, -0.1) is 0 Å². The molecule has 1 saturated heterocycles. The lowest BCUT2D eigenvalue weighted by molar-refractivity contribution is 0.210. The van der Waals surface area contributed by atoms with Gasteiger partial charge in [0.25, 0.3) is 0 Å². The molecule has 0 aromatic rings. The van der Waals surface area contributed by atoms with Crippen molar-refractivity contribution in [1.82, 2.24) is 10.2 Å². The van der Waals surface area contributed by atoms with Gasteiger partial charge in [-0.05, 0) is 32.4 Å². The zero-order chi connectivity index (χ0) is 9.68. The van der Waals surface area contributed by atoms with Crippen LogP contribution in [-0.2, 0) is 0 Å². The predicted octanol–water partition coefficient (Wildman–Crippen LogP) is -0.138. The van der Waals surface area contributed by atoms with Crippen LogP contribution in [0.2, 0.25) is 0 Å². The van der Waals surface area contributed by atoms with Crippen LogP contribution in [0.4, 0.5) is 0 Å². The third-order valence-corrected chi connectivity index (χ3v) is 2.53. The highest BCUT2D eigenvalue weighted by atomic mass is 15.1. The molecule has 1 unspecified atom stereocenters. The standard InChI is InChI=1S/C9H20N4/c1-11-9(10)12-6-8-4-3-5-13(2)7-8/h8H,3-7H2,1-2H3,(H3,10,11,12). The van der Waals surface area contributed by atoms with E-state index >= 15 is 0 Å². The van der Waals surface area contributed by atoms with Crippen molar-refractivity contribution < 1.29 is 0 Å². The van der Waals surface area contributed by atoms with Crippen LogP contribution in [0, 0.1) is 5.92 Å². The maximum Gasteiger partial charge on any atom is 0.188 e. The fraction of sp³-hybridized carbons (Fsp3) is 0.889. The second-order valence-electron chi connectivity index (χ2n) is 3.76. The van der Waals surface area contributed by atoms with Gasteiger partial charge in [-0.1, -0.05) is 0 Å². The summed E-state index contributed by atoms with van der Waals surface area (Å²) in [7, 11) is 3.87. The van der Waals surface area contributed by atoms with E-state index in [-0.39, 0.29) is 0 Å². The van der Waals surface area contributed by atoms with Crippen LogP contribution < -0.4 is 11.1 Å². The fourth-order valence-electron chi connectivity index (χ4n) is 1.77. The van der Waals surface area contributed by atoms with Crippen LogP contribution in [0.1, 0.15) is 12.8 Å². The average molecular weight is 184 g/mol.